The maximum atomic E-state index is 9.00. The molecule has 0 fully saturated rings. The van der Waals surface area contributed by atoms with E-state index in [1.165, 1.54) is 0 Å². The number of hydrogen-bond acceptors (Lipinski definition) is 12. The van der Waals surface area contributed by atoms with Gasteiger partial charge in [-0.15, -0.1) is 0 Å². The van der Waals surface area contributed by atoms with Gasteiger partial charge in [-0.25, -0.2) is 0 Å². The molecule has 0 saturated heterocycles. The third-order valence-corrected chi connectivity index (χ3v) is 0.167. The zero-order valence-corrected chi connectivity index (χ0v) is 17.9. The molecule has 0 radical (unpaired) electrons. The summed E-state index contributed by atoms with van der Waals surface area (Å²) in [5, 5.41) is 37.1. The van der Waals surface area contributed by atoms with E-state index in [1.807, 2.05) is 0 Å². The average Bonchev–Trinajstić information content (AvgIpc) is 2.24. The fourth-order valence-corrected chi connectivity index (χ4v) is 0. The zero-order valence-electron chi connectivity index (χ0n) is 17.9. The van der Waals surface area contributed by atoms with Crippen molar-refractivity contribution in [3.8, 4) is 0 Å². The normalized spacial score (nSPS) is 5.34. The van der Waals surface area contributed by atoms with E-state index >= 15 is 0 Å². The first-order chi connectivity index (χ1) is 10.6. The minimum absolute atomic E-state index is 0. The average molecular weight is 446 g/mol. The fourth-order valence-electron chi connectivity index (χ4n) is 0. The molecule has 0 aromatic heterocycles. The fraction of sp³-hybridized carbons (Fsp3) is 0.583. The summed E-state index contributed by atoms with van der Waals surface area (Å²) in [7, 11) is 0. The van der Waals surface area contributed by atoms with Gasteiger partial charge < -0.3 is 67.8 Å². The molecule has 0 heterocycles. The zero-order chi connectivity index (χ0) is 21.3. The number of carboxylic acids is 5. The van der Waals surface area contributed by atoms with Gasteiger partial charge >= 0.3 is 0 Å². The number of aliphatic carboxylic acids is 5. The molecule has 0 rings (SSSR count). The summed E-state index contributed by atoms with van der Waals surface area (Å²) in [6.07, 6.45) is 0. The molecule has 186 valence electrons. The second kappa shape index (κ2) is 73.4. The highest BCUT2D eigenvalue weighted by molar-refractivity contribution is 5.63. The van der Waals surface area contributed by atoms with Crippen LogP contribution in [0.15, 0.2) is 0 Å². The quantitative estimate of drug-likeness (QED) is 0.255. The molecule has 0 atom stereocenters. The SMILES string of the molecule is CC(=O)O.CC(=O)O.CC(=O)O.CC(=O)O.CC(=O)O.N.N.N.N.N.NCCN. The van der Waals surface area contributed by atoms with Crippen LogP contribution < -0.4 is 42.2 Å². The number of carbonyl (C=O) groups is 5. The summed E-state index contributed by atoms with van der Waals surface area (Å²) in [6, 6.07) is 0. The van der Waals surface area contributed by atoms with Crippen LogP contribution in [-0.4, -0.2) is 68.5 Å². The molecule has 0 saturated carbocycles. The Morgan fingerprint density at radius 3 is 0.483 bits per heavy atom. The summed E-state index contributed by atoms with van der Waals surface area (Å²) >= 11 is 0. The summed E-state index contributed by atoms with van der Waals surface area (Å²) in [4.78, 5) is 45.0. The van der Waals surface area contributed by atoms with Crippen LogP contribution in [0.5, 0.6) is 0 Å². The lowest BCUT2D eigenvalue weighted by atomic mass is 10.7. The van der Waals surface area contributed by atoms with Gasteiger partial charge in [0.05, 0.1) is 0 Å². The van der Waals surface area contributed by atoms with Crippen LogP contribution in [0, 0.1) is 0 Å². The molecule has 0 aliphatic carbocycles. The molecule has 0 amide bonds. The summed E-state index contributed by atoms with van der Waals surface area (Å²) in [5.41, 5.74) is 9.81. The molecular formula is C12H43N7O10. The monoisotopic (exact) mass is 445 g/mol. The molecule has 17 nitrogen and oxygen atoms in total. The largest absolute Gasteiger partial charge is 0.481 e. The van der Waals surface area contributed by atoms with E-state index in [1.54, 1.807) is 0 Å². The first kappa shape index (κ1) is 72.1. The van der Waals surface area contributed by atoms with Gasteiger partial charge in [-0.2, -0.15) is 0 Å². The van der Waals surface area contributed by atoms with Crippen molar-refractivity contribution in [3.05, 3.63) is 0 Å². The van der Waals surface area contributed by atoms with Gasteiger partial charge in [0.15, 0.2) is 0 Å². The van der Waals surface area contributed by atoms with E-state index in [0.717, 1.165) is 34.6 Å². The lowest BCUT2D eigenvalue weighted by molar-refractivity contribution is -0.135. The number of nitrogens with two attached hydrogens (primary N) is 2. The summed E-state index contributed by atoms with van der Waals surface area (Å²) < 4.78 is 0. The standard InChI is InChI=1S/C2H8N2.5C2H4O2.5H3N/c3-1-2-4;5*1-2(3)4;;;;;/h1-4H2;5*1H3,(H,3,4);5*1H3. The van der Waals surface area contributed by atoms with Crippen molar-refractivity contribution in [2.24, 2.45) is 11.5 Å². The van der Waals surface area contributed by atoms with E-state index in [0.29, 0.717) is 13.1 Å². The lowest BCUT2D eigenvalue weighted by Crippen LogP contribution is -2.11. The Morgan fingerprint density at radius 1 is 0.448 bits per heavy atom. The number of hydrogen-bond donors (Lipinski definition) is 12. The van der Waals surface area contributed by atoms with Gasteiger partial charge in [0, 0.05) is 47.7 Å². The van der Waals surface area contributed by atoms with Crippen LogP contribution in [0.1, 0.15) is 34.6 Å². The topological polar surface area (TPSA) is 414 Å². The summed E-state index contributed by atoms with van der Waals surface area (Å²) in [6.45, 7) is 6.61. The first-order valence-electron chi connectivity index (χ1n) is 5.96. The van der Waals surface area contributed by atoms with Gasteiger partial charge in [0.1, 0.15) is 0 Å². The van der Waals surface area contributed by atoms with E-state index < -0.39 is 29.8 Å². The molecule has 29 heavy (non-hydrogen) atoms. The van der Waals surface area contributed by atoms with Crippen molar-refractivity contribution in [1.82, 2.24) is 30.8 Å². The summed E-state index contributed by atoms with van der Waals surface area (Å²) in [5.74, 6) is -4.17. The minimum atomic E-state index is -0.833. The molecular weight excluding hydrogens is 402 g/mol. The highest BCUT2D eigenvalue weighted by atomic mass is 16.4. The van der Waals surface area contributed by atoms with Crippen LogP contribution in [0.2, 0.25) is 0 Å². The molecule has 0 bridgehead atoms. The van der Waals surface area contributed by atoms with Crippen molar-refractivity contribution in [1.29, 1.82) is 0 Å². The molecule has 24 N–H and O–H groups in total. The minimum Gasteiger partial charge on any atom is -0.481 e. The maximum Gasteiger partial charge on any atom is 0.300 e. The lowest BCUT2D eigenvalue weighted by Gasteiger charge is -1.72. The number of carboxylic acid groups (broad SMARTS) is 5. The van der Waals surface area contributed by atoms with E-state index in [4.69, 9.17) is 61.0 Å². The molecule has 0 unspecified atom stereocenters. The molecule has 0 spiro atoms. The first-order valence-corrected chi connectivity index (χ1v) is 5.96. The molecule has 0 aromatic carbocycles. The maximum absolute atomic E-state index is 9.00. The van der Waals surface area contributed by atoms with Crippen molar-refractivity contribution in [2.45, 2.75) is 34.6 Å². The van der Waals surface area contributed by atoms with E-state index in [9.17, 15) is 0 Å². The van der Waals surface area contributed by atoms with Crippen LogP contribution in [0.4, 0.5) is 0 Å². The van der Waals surface area contributed by atoms with Crippen molar-refractivity contribution < 1.29 is 49.5 Å². The van der Waals surface area contributed by atoms with Gasteiger partial charge in [0.25, 0.3) is 29.8 Å². The third kappa shape index (κ3) is 3580. The molecule has 17 heteroatoms. The Morgan fingerprint density at radius 2 is 0.483 bits per heavy atom. The van der Waals surface area contributed by atoms with Crippen LogP contribution in [0.3, 0.4) is 0 Å². The van der Waals surface area contributed by atoms with Gasteiger partial charge in [-0.1, -0.05) is 0 Å². The van der Waals surface area contributed by atoms with Gasteiger partial charge in [-0.3, -0.25) is 24.0 Å². The Bertz CT molecular complexity index is 253. The highest BCUT2D eigenvalue weighted by Crippen LogP contribution is 1.43. The van der Waals surface area contributed by atoms with Crippen LogP contribution in [-0.2, 0) is 24.0 Å². The van der Waals surface area contributed by atoms with Crippen molar-refractivity contribution in [3.63, 3.8) is 0 Å². The Hall–Kier alpha value is -2.93. The predicted molar refractivity (Wildman–Crippen MR) is 110 cm³/mol. The highest BCUT2D eigenvalue weighted by Gasteiger charge is 1.67. The second-order valence-electron chi connectivity index (χ2n) is 3.17. The molecule has 0 aliphatic rings. The molecule has 0 aliphatic heterocycles. The smallest absolute Gasteiger partial charge is 0.300 e. The van der Waals surface area contributed by atoms with Gasteiger partial charge in [0.2, 0.25) is 0 Å². The van der Waals surface area contributed by atoms with E-state index in [-0.39, 0.29) is 30.8 Å². The predicted octanol–water partition coefficient (Wildman–Crippen LogP) is 0.168. The Labute approximate surface area is 170 Å². The second-order valence-corrected chi connectivity index (χ2v) is 3.17. The Balaban J connectivity index is -0.0000000144. The Kier molecular flexibility index (Phi) is 183. The molecule has 0 aromatic rings. The van der Waals surface area contributed by atoms with Gasteiger partial charge in [-0.05, 0) is 0 Å². The van der Waals surface area contributed by atoms with Crippen molar-refractivity contribution >= 4 is 29.8 Å². The van der Waals surface area contributed by atoms with Crippen LogP contribution >= 0.6 is 0 Å². The van der Waals surface area contributed by atoms with E-state index in [2.05, 4.69) is 0 Å². The third-order valence-electron chi connectivity index (χ3n) is 0.167. The van der Waals surface area contributed by atoms with Crippen LogP contribution in [0.25, 0.3) is 0 Å². The van der Waals surface area contributed by atoms with Crippen molar-refractivity contribution in [2.75, 3.05) is 13.1 Å². The number of rotatable bonds is 1.